The number of amides is 1. The van der Waals surface area contributed by atoms with Gasteiger partial charge in [-0.05, 0) is 64.2 Å². The summed E-state index contributed by atoms with van der Waals surface area (Å²) in [4.78, 5) is 12.4. The van der Waals surface area contributed by atoms with E-state index in [-0.39, 0.29) is 12.5 Å². The highest BCUT2D eigenvalue weighted by Gasteiger charge is 2.17. The average molecular weight is 826 g/mol. The summed E-state index contributed by atoms with van der Waals surface area (Å²) < 4.78 is 0. The summed E-state index contributed by atoms with van der Waals surface area (Å²) in [7, 11) is 0. The molecule has 0 bridgehead atoms. The third-order valence-corrected chi connectivity index (χ3v) is 12.0. The molecule has 346 valence electrons. The van der Waals surface area contributed by atoms with Crippen molar-refractivity contribution < 1.29 is 15.0 Å². The Hall–Kier alpha value is -1.65. The van der Waals surface area contributed by atoms with Crippen molar-refractivity contribution in [2.75, 3.05) is 6.61 Å². The number of allylic oxidation sites excluding steroid dienone is 7. The van der Waals surface area contributed by atoms with E-state index in [4.69, 9.17) is 0 Å². The van der Waals surface area contributed by atoms with E-state index in [0.717, 1.165) is 38.5 Å². The number of carbonyl (C=O) groups excluding carboxylic acids is 1. The molecule has 0 radical (unpaired) electrons. The van der Waals surface area contributed by atoms with Gasteiger partial charge in [-0.25, -0.2) is 0 Å². The van der Waals surface area contributed by atoms with Crippen LogP contribution in [0.2, 0.25) is 0 Å². The zero-order chi connectivity index (χ0) is 42.8. The number of carbonyl (C=O) groups is 1. The number of rotatable bonds is 48. The van der Waals surface area contributed by atoms with Gasteiger partial charge in [-0.2, -0.15) is 0 Å². The second-order valence-electron chi connectivity index (χ2n) is 17.9. The van der Waals surface area contributed by atoms with Crippen molar-refractivity contribution in [1.29, 1.82) is 0 Å². The molecule has 0 rings (SSSR count). The molecule has 0 heterocycles. The van der Waals surface area contributed by atoms with Gasteiger partial charge < -0.3 is 15.5 Å². The maximum atomic E-state index is 12.4. The standard InChI is InChI=1S/C55H103NO3/c1-3-5-7-9-11-13-15-17-19-21-22-23-24-25-26-27-28-29-30-31-32-33-34-35-37-39-41-43-45-47-49-51-55(59)56-53(52-57)54(58)50-48-46-44-42-40-38-36-20-18-16-14-12-10-8-6-4-2/h22-23,25-26,40,42,48,50,53-54,57-58H,3-21,24,27-39,41,43-47,49,51-52H2,1-2H3,(H,56,59)/b23-22-,26-25-,42-40+,50-48+. The molecular formula is C55H103NO3. The fraction of sp³-hybridized carbons (Fsp3) is 0.836. The maximum Gasteiger partial charge on any atom is 0.220 e. The second-order valence-corrected chi connectivity index (χ2v) is 17.9. The Morgan fingerprint density at radius 3 is 1.08 bits per heavy atom. The van der Waals surface area contributed by atoms with Crippen LogP contribution in [0.1, 0.15) is 277 Å². The summed E-state index contributed by atoms with van der Waals surface area (Å²) in [5.41, 5.74) is 0. The molecule has 0 aliphatic rings. The lowest BCUT2D eigenvalue weighted by atomic mass is 10.0. The molecule has 0 spiro atoms. The third-order valence-electron chi connectivity index (χ3n) is 12.0. The minimum atomic E-state index is -0.862. The number of hydrogen-bond acceptors (Lipinski definition) is 3. The van der Waals surface area contributed by atoms with Crippen LogP contribution in [-0.4, -0.2) is 34.9 Å². The van der Waals surface area contributed by atoms with Gasteiger partial charge in [0.25, 0.3) is 0 Å². The van der Waals surface area contributed by atoms with Crippen molar-refractivity contribution in [1.82, 2.24) is 5.32 Å². The fourth-order valence-corrected chi connectivity index (χ4v) is 7.99. The molecule has 4 heteroatoms. The monoisotopic (exact) mass is 826 g/mol. The molecule has 4 nitrogen and oxygen atoms in total. The minimum Gasteiger partial charge on any atom is -0.394 e. The molecule has 0 aliphatic carbocycles. The summed E-state index contributed by atoms with van der Waals surface area (Å²) in [5.74, 6) is -0.0724. The van der Waals surface area contributed by atoms with E-state index in [1.807, 2.05) is 6.08 Å². The van der Waals surface area contributed by atoms with Gasteiger partial charge in [0.1, 0.15) is 0 Å². The predicted molar refractivity (Wildman–Crippen MR) is 262 cm³/mol. The highest BCUT2D eigenvalue weighted by molar-refractivity contribution is 5.76. The van der Waals surface area contributed by atoms with Crippen LogP contribution in [-0.2, 0) is 4.79 Å². The normalized spacial score (nSPS) is 13.2. The molecule has 0 aromatic rings. The Bertz CT molecular complexity index is 939. The molecule has 0 fully saturated rings. The first kappa shape index (κ1) is 57.3. The van der Waals surface area contributed by atoms with Gasteiger partial charge in [0, 0.05) is 6.42 Å². The highest BCUT2D eigenvalue weighted by atomic mass is 16.3. The van der Waals surface area contributed by atoms with Gasteiger partial charge in [-0.3, -0.25) is 4.79 Å². The van der Waals surface area contributed by atoms with E-state index in [2.05, 4.69) is 55.6 Å². The summed E-state index contributed by atoms with van der Waals surface area (Å²) in [6.07, 6.45) is 69.7. The van der Waals surface area contributed by atoms with Crippen LogP contribution in [0.3, 0.4) is 0 Å². The molecule has 0 saturated carbocycles. The van der Waals surface area contributed by atoms with Gasteiger partial charge >= 0.3 is 0 Å². The first-order chi connectivity index (χ1) is 29.2. The molecule has 3 N–H and O–H groups in total. The molecule has 0 aliphatic heterocycles. The first-order valence-corrected chi connectivity index (χ1v) is 26.4. The van der Waals surface area contributed by atoms with Crippen LogP contribution in [0.25, 0.3) is 0 Å². The molecule has 0 aromatic heterocycles. The van der Waals surface area contributed by atoms with Crippen LogP contribution in [0.4, 0.5) is 0 Å². The first-order valence-electron chi connectivity index (χ1n) is 26.4. The van der Waals surface area contributed by atoms with Crippen molar-refractivity contribution in [2.45, 2.75) is 289 Å². The van der Waals surface area contributed by atoms with Crippen molar-refractivity contribution in [3.8, 4) is 0 Å². The van der Waals surface area contributed by atoms with Crippen molar-refractivity contribution in [3.05, 3.63) is 48.6 Å². The van der Waals surface area contributed by atoms with Crippen LogP contribution in [0.15, 0.2) is 48.6 Å². The zero-order valence-electron chi connectivity index (χ0n) is 39.8. The SMILES string of the molecule is CCCCCCCCCCC/C=C\C/C=C\CCCCCCCCCCCCCCCCCC(=O)NC(CO)C(O)/C=C/CC/C=C/CCCCCCCCCCCC. The smallest absolute Gasteiger partial charge is 0.220 e. The van der Waals surface area contributed by atoms with E-state index in [0.29, 0.717) is 6.42 Å². The predicted octanol–water partition coefficient (Wildman–Crippen LogP) is 17.1. The van der Waals surface area contributed by atoms with Crippen LogP contribution >= 0.6 is 0 Å². The van der Waals surface area contributed by atoms with Crippen LogP contribution in [0, 0.1) is 0 Å². The largest absolute Gasteiger partial charge is 0.394 e. The Morgan fingerprint density at radius 2 is 0.712 bits per heavy atom. The molecule has 59 heavy (non-hydrogen) atoms. The van der Waals surface area contributed by atoms with Crippen molar-refractivity contribution in [3.63, 3.8) is 0 Å². The maximum absolute atomic E-state index is 12.4. The lowest BCUT2D eigenvalue weighted by molar-refractivity contribution is -0.123. The quantitative estimate of drug-likeness (QED) is 0.0423. The summed E-state index contributed by atoms with van der Waals surface area (Å²) in [5, 5.41) is 23.1. The van der Waals surface area contributed by atoms with Crippen LogP contribution < -0.4 is 5.32 Å². The Morgan fingerprint density at radius 1 is 0.407 bits per heavy atom. The highest BCUT2D eigenvalue weighted by Crippen LogP contribution is 2.16. The van der Waals surface area contributed by atoms with Crippen molar-refractivity contribution in [2.24, 2.45) is 0 Å². The Balaban J connectivity index is 3.50. The number of aliphatic hydroxyl groups is 2. The van der Waals surface area contributed by atoms with Crippen molar-refractivity contribution >= 4 is 5.91 Å². The van der Waals surface area contributed by atoms with Gasteiger partial charge in [-0.15, -0.1) is 0 Å². The van der Waals surface area contributed by atoms with Gasteiger partial charge in [0.15, 0.2) is 0 Å². The van der Waals surface area contributed by atoms with E-state index >= 15 is 0 Å². The zero-order valence-corrected chi connectivity index (χ0v) is 39.8. The second kappa shape index (κ2) is 50.7. The molecule has 2 atom stereocenters. The van der Waals surface area contributed by atoms with Gasteiger partial charge in [-0.1, -0.05) is 255 Å². The van der Waals surface area contributed by atoms with E-state index < -0.39 is 12.1 Å². The third kappa shape index (κ3) is 47.3. The number of unbranched alkanes of at least 4 members (excludes halogenated alkanes) is 35. The van der Waals surface area contributed by atoms with Gasteiger partial charge in [0.2, 0.25) is 5.91 Å². The molecule has 2 unspecified atom stereocenters. The molecule has 1 amide bonds. The summed E-state index contributed by atoms with van der Waals surface area (Å²) >= 11 is 0. The minimum absolute atomic E-state index is 0.0724. The molecular weight excluding hydrogens is 723 g/mol. The Labute approximate surface area is 369 Å². The number of aliphatic hydroxyl groups excluding tert-OH is 2. The van der Waals surface area contributed by atoms with E-state index in [1.165, 1.54) is 218 Å². The Kier molecular flexibility index (Phi) is 49.3. The van der Waals surface area contributed by atoms with Gasteiger partial charge in [0.05, 0.1) is 18.8 Å². The number of hydrogen-bond donors (Lipinski definition) is 3. The number of nitrogens with one attached hydrogen (secondary N) is 1. The van der Waals surface area contributed by atoms with Crippen LogP contribution in [0.5, 0.6) is 0 Å². The lowest BCUT2D eigenvalue weighted by Gasteiger charge is -2.19. The fourth-order valence-electron chi connectivity index (χ4n) is 7.99. The molecule has 0 aromatic carbocycles. The average Bonchev–Trinajstić information content (AvgIpc) is 3.24. The topological polar surface area (TPSA) is 69.6 Å². The molecule has 0 saturated heterocycles. The van der Waals surface area contributed by atoms with E-state index in [9.17, 15) is 15.0 Å². The lowest BCUT2D eigenvalue weighted by Crippen LogP contribution is -2.45. The summed E-state index contributed by atoms with van der Waals surface area (Å²) in [6.45, 7) is 4.31. The van der Waals surface area contributed by atoms with E-state index in [1.54, 1.807) is 6.08 Å². The summed E-state index contributed by atoms with van der Waals surface area (Å²) in [6, 6.07) is -0.639.